The van der Waals surface area contributed by atoms with Gasteiger partial charge in [-0.3, -0.25) is 9.59 Å². The van der Waals surface area contributed by atoms with Crippen molar-refractivity contribution in [2.75, 3.05) is 34.2 Å². The SMILES string of the molecule is CN(C)C(=O)CN(C)C(=O)CCNC1CC1. The minimum absolute atomic E-state index is 0.0170. The van der Waals surface area contributed by atoms with E-state index in [2.05, 4.69) is 5.32 Å². The molecule has 16 heavy (non-hydrogen) atoms. The Balaban J connectivity index is 2.15. The molecule has 5 heteroatoms. The van der Waals surface area contributed by atoms with E-state index in [0.717, 1.165) is 0 Å². The molecule has 1 saturated carbocycles. The first-order valence-electron chi connectivity index (χ1n) is 5.68. The van der Waals surface area contributed by atoms with E-state index in [1.165, 1.54) is 22.6 Å². The fraction of sp³-hybridized carbons (Fsp3) is 0.818. The van der Waals surface area contributed by atoms with Crippen LogP contribution in [0.25, 0.3) is 0 Å². The number of carbonyl (C=O) groups is 2. The molecule has 0 saturated heterocycles. The number of nitrogens with zero attached hydrogens (tertiary/aromatic N) is 2. The number of carbonyl (C=O) groups excluding carboxylic acids is 2. The van der Waals surface area contributed by atoms with Crippen LogP contribution in [0.1, 0.15) is 19.3 Å². The predicted molar refractivity (Wildman–Crippen MR) is 62.0 cm³/mol. The molecule has 0 heterocycles. The molecule has 1 aliphatic rings. The average Bonchev–Trinajstić information content (AvgIpc) is 3.01. The Morgan fingerprint density at radius 2 is 1.81 bits per heavy atom. The van der Waals surface area contributed by atoms with Gasteiger partial charge in [-0.1, -0.05) is 0 Å². The fourth-order valence-electron chi connectivity index (χ4n) is 1.29. The number of amides is 2. The third kappa shape index (κ3) is 4.61. The summed E-state index contributed by atoms with van der Waals surface area (Å²) in [6.07, 6.45) is 2.92. The normalized spacial score (nSPS) is 14.7. The van der Waals surface area contributed by atoms with Gasteiger partial charge in [0, 0.05) is 40.2 Å². The third-order valence-electron chi connectivity index (χ3n) is 2.65. The van der Waals surface area contributed by atoms with Crippen LogP contribution < -0.4 is 5.32 Å². The van der Waals surface area contributed by atoms with E-state index in [9.17, 15) is 9.59 Å². The largest absolute Gasteiger partial charge is 0.347 e. The highest BCUT2D eigenvalue weighted by atomic mass is 16.2. The maximum Gasteiger partial charge on any atom is 0.241 e. The predicted octanol–water partition coefficient (Wildman–Crippen LogP) is -0.325. The van der Waals surface area contributed by atoms with Crippen molar-refractivity contribution in [2.24, 2.45) is 0 Å². The summed E-state index contributed by atoms with van der Waals surface area (Å²) in [6.45, 7) is 0.874. The van der Waals surface area contributed by atoms with Gasteiger partial charge >= 0.3 is 0 Å². The molecule has 5 nitrogen and oxygen atoms in total. The van der Waals surface area contributed by atoms with Gasteiger partial charge in [0.25, 0.3) is 0 Å². The minimum Gasteiger partial charge on any atom is -0.347 e. The van der Waals surface area contributed by atoms with Gasteiger partial charge < -0.3 is 15.1 Å². The highest BCUT2D eigenvalue weighted by Gasteiger charge is 2.21. The van der Waals surface area contributed by atoms with E-state index < -0.39 is 0 Å². The Morgan fingerprint density at radius 1 is 1.19 bits per heavy atom. The lowest BCUT2D eigenvalue weighted by atomic mass is 10.3. The van der Waals surface area contributed by atoms with E-state index in [-0.39, 0.29) is 18.4 Å². The van der Waals surface area contributed by atoms with Gasteiger partial charge in [0.05, 0.1) is 6.54 Å². The van der Waals surface area contributed by atoms with Crippen LogP contribution in [-0.4, -0.2) is 61.9 Å². The lowest BCUT2D eigenvalue weighted by Gasteiger charge is -2.19. The van der Waals surface area contributed by atoms with Crippen LogP contribution in [0.15, 0.2) is 0 Å². The number of nitrogens with one attached hydrogen (secondary N) is 1. The Kier molecular flexibility index (Phi) is 4.73. The Hall–Kier alpha value is -1.10. The molecule has 1 rings (SSSR count). The van der Waals surface area contributed by atoms with Crippen molar-refractivity contribution in [3.8, 4) is 0 Å². The summed E-state index contributed by atoms with van der Waals surface area (Å²) in [6, 6.07) is 0.626. The molecule has 92 valence electrons. The summed E-state index contributed by atoms with van der Waals surface area (Å²) >= 11 is 0. The summed E-state index contributed by atoms with van der Waals surface area (Å²) in [5.41, 5.74) is 0. The van der Waals surface area contributed by atoms with Crippen molar-refractivity contribution in [2.45, 2.75) is 25.3 Å². The second-order valence-electron chi connectivity index (χ2n) is 4.52. The van der Waals surface area contributed by atoms with Crippen molar-refractivity contribution in [3.05, 3.63) is 0 Å². The first-order chi connectivity index (χ1) is 7.50. The summed E-state index contributed by atoms with van der Waals surface area (Å²) in [7, 11) is 5.05. The van der Waals surface area contributed by atoms with Gasteiger partial charge in [-0.15, -0.1) is 0 Å². The van der Waals surface area contributed by atoms with E-state index in [0.29, 0.717) is 19.0 Å². The number of hydrogen-bond acceptors (Lipinski definition) is 3. The maximum atomic E-state index is 11.6. The standard InChI is InChI=1S/C11H21N3O2/c1-13(2)11(16)8-14(3)10(15)6-7-12-9-4-5-9/h9,12H,4-8H2,1-3H3. The smallest absolute Gasteiger partial charge is 0.241 e. The zero-order valence-corrected chi connectivity index (χ0v) is 10.3. The Bertz CT molecular complexity index is 262. The molecule has 0 radical (unpaired) electrons. The lowest BCUT2D eigenvalue weighted by Crippen LogP contribution is -2.38. The van der Waals surface area contributed by atoms with Crippen LogP contribution in [0.2, 0.25) is 0 Å². The van der Waals surface area contributed by atoms with E-state index in [1.807, 2.05) is 0 Å². The molecule has 0 aromatic carbocycles. The van der Waals surface area contributed by atoms with Crippen molar-refractivity contribution < 1.29 is 9.59 Å². The van der Waals surface area contributed by atoms with E-state index in [4.69, 9.17) is 0 Å². The van der Waals surface area contributed by atoms with Gasteiger partial charge in [0.1, 0.15) is 0 Å². The number of hydrogen-bond donors (Lipinski definition) is 1. The van der Waals surface area contributed by atoms with Gasteiger partial charge in [-0.25, -0.2) is 0 Å². The highest BCUT2D eigenvalue weighted by Crippen LogP contribution is 2.18. The minimum atomic E-state index is -0.0500. The van der Waals surface area contributed by atoms with E-state index in [1.54, 1.807) is 21.1 Å². The molecule has 1 N–H and O–H groups in total. The molecule has 0 aromatic heterocycles. The van der Waals surface area contributed by atoms with Crippen LogP contribution >= 0.6 is 0 Å². The molecular weight excluding hydrogens is 206 g/mol. The summed E-state index contributed by atoms with van der Waals surface area (Å²) in [5, 5.41) is 3.28. The second kappa shape index (κ2) is 5.84. The van der Waals surface area contributed by atoms with Gasteiger partial charge in [0.2, 0.25) is 11.8 Å². The molecule has 0 aliphatic heterocycles. The summed E-state index contributed by atoms with van der Waals surface area (Å²) in [4.78, 5) is 26.0. The average molecular weight is 227 g/mol. The zero-order chi connectivity index (χ0) is 12.1. The lowest BCUT2D eigenvalue weighted by molar-refractivity contribution is -0.137. The van der Waals surface area contributed by atoms with Crippen molar-refractivity contribution in [1.29, 1.82) is 0 Å². The number of likely N-dealkylation sites (N-methyl/N-ethyl adjacent to an activating group) is 2. The van der Waals surface area contributed by atoms with Crippen LogP contribution in [0.4, 0.5) is 0 Å². The van der Waals surface area contributed by atoms with Crippen LogP contribution in [0.3, 0.4) is 0 Å². The molecule has 0 spiro atoms. The van der Waals surface area contributed by atoms with E-state index >= 15 is 0 Å². The number of rotatable bonds is 6. The Morgan fingerprint density at radius 3 is 2.31 bits per heavy atom. The fourth-order valence-corrected chi connectivity index (χ4v) is 1.29. The van der Waals surface area contributed by atoms with Crippen molar-refractivity contribution in [1.82, 2.24) is 15.1 Å². The van der Waals surface area contributed by atoms with Crippen LogP contribution in [-0.2, 0) is 9.59 Å². The molecule has 0 unspecified atom stereocenters. The Labute approximate surface area is 96.8 Å². The maximum absolute atomic E-state index is 11.6. The molecule has 0 atom stereocenters. The highest BCUT2D eigenvalue weighted by molar-refractivity contribution is 5.84. The van der Waals surface area contributed by atoms with Crippen molar-refractivity contribution in [3.63, 3.8) is 0 Å². The topological polar surface area (TPSA) is 52.7 Å². The van der Waals surface area contributed by atoms with Gasteiger partial charge in [0.15, 0.2) is 0 Å². The molecule has 0 bridgehead atoms. The first-order valence-corrected chi connectivity index (χ1v) is 5.68. The molecule has 1 fully saturated rings. The molecule has 2 amide bonds. The quantitative estimate of drug-likeness (QED) is 0.676. The first kappa shape index (κ1) is 13.0. The molecule has 1 aliphatic carbocycles. The third-order valence-corrected chi connectivity index (χ3v) is 2.65. The van der Waals surface area contributed by atoms with Gasteiger partial charge in [-0.05, 0) is 12.8 Å². The zero-order valence-electron chi connectivity index (χ0n) is 10.3. The second-order valence-corrected chi connectivity index (χ2v) is 4.52. The molecule has 0 aromatic rings. The van der Waals surface area contributed by atoms with Gasteiger partial charge in [-0.2, -0.15) is 0 Å². The summed E-state index contributed by atoms with van der Waals surface area (Å²) in [5.74, 6) is -0.0330. The van der Waals surface area contributed by atoms with Crippen LogP contribution in [0, 0.1) is 0 Å². The molecular formula is C11H21N3O2. The van der Waals surface area contributed by atoms with Crippen LogP contribution in [0.5, 0.6) is 0 Å². The van der Waals surface area contributed by atoms with Crippen molar-refractivity contribution >= 4 is 11.8 Å². The summed E-state index contributed by atoms with van der Waals surface area (Å²) < 4.78 is 0. The monoisotopic (exact) mass is 227 g/mol.